The summed E-state index contributed by atoms with van der Waals surface area (Å²) in [6.07, 6.45) is 0. The third-order valence-corrected chi connectivity index (χ3v) is 2.78. The molecule has 0 amide bonds. The summed E-state index contributed by atoms with van der Waals surface area (Å²) in [6.45, 7) is -0.542. The van der Waals surface area contributed by atoms with Gasteiger partial charge < -0.3 is 10.4 Å². The smallest absolute Gasteiger partial charge is 0.161 e. The number of benzene rings is 2. The Balaban J connectivity index is 2.28. The number of halogens is 4. The zero-order valence-electron chi connectivity index (χ0n) is 10.2. The number of aliphatic hydroxyl groups is 1. The van der Waals surface area contributed by atoms with Gasteiger partial charge in [-0.25, -0.2) is 17.6 Å². The Labute approximate surface area is 112 Å². The number of anilines is 1. The van der Waals surface area contributed by atoms with E-state index in [4.69, 9.17) is 0 Å². The minimum atomic E-state index is -1.30. The van der Waals surface area contributed by atoms with Gasteiger partial charge >= 0.3 is 0 Å². The second-order valence-corrected chi connectivity index (χ2v) is 4.17. The van der Waals surface area contributed by atoms with Crippen LogP contribution in [0.15, 0.2) is 36.4 Å². The molecule has 0 heterocycles. The van der Waals surface area contributed by atoms with Gasteiger partial charge in [0.05, 0.1) is 12.6 Å². The highest BCUT2D eigenvalue weighted by atomic mass is 19.2. The fraction of sp³-hybridized carbons (Fsp3) is 0.143. The van der Waals surface area contributed by atoms with Crippen LogP contribution < -0.4 is 5.32 Å². The molecule has 106 valence electrons. The Morgan fingerprint density at radius 1 is 0.900 bits per heavy atom. The Kier molecular flexibility index (Phi) is 4.24. The quantitative estimate of drug-likeness (QED) is 0.666. The van der Waals surface area contributed by atoms with E-state index in [0.29, 0.717) is 17.8 Å². The van der Waals surface area contributed by atoms with E-state index in [0.717, 1.165) is 0 Å². The maximum Gasteiger partial charge on any atom is 0.161 e. The van der Waals surface area contributed by atoms with Gasteiger partial charge in [0, 0.05) is 17.3 Å². The van der Waals surface area contributed by atoms with Crippen molar-refractivity contribution in [2.24, 2.45) is 0 Å². The number of hydrogen-bond acceptors (Lipinski definition) is 2. The topological polar surface area (TPSA) is 32.3 Å². The molecule has 0 aliphatic carbocycles. The Morgan fingerprint density at radius 3 is 2.10 bits per heavy atom. The molecular formula is C14H11F4NO. The Hall–Kier alpha value is -2.08. The molecule has 2 N–H and O–H groups in total. The zero-order chi connectivity index (χ0) is 14.7. The van der Waals surface area contributed by atoms with E-state index >= 15 is 0 Å². The van der Waals surface area contributed by atoms with Crippen LogP contribution in [0.4, 0.5) is 23.2 Å². The first-order chi connectivity index (χ1) is 9.51. The highest BCUT2D eigenvalue weighted by Crippen LogP contribution is 2.24. The predicted octanol–water partition coefficient (Wildman–Crippen LogP) is 3.39. The normalized spacial score (nSPS) is 12.2. The molecule has 2 nitrogen and oxygen atoms in total. The minimum absolute atomic E-state index is 0.212. The Morgan fingerprint density at radius 2 is 1.50 bits per heavy atom. The van der Waals surface area contributed by atoms with Crippen LogP contribution in [0.1, 0.15) is 11.6 Å². The largest absolute Gasteiger partial charge is 0.394 e. The van der Waals surface area contributed by atoms with Gasteiger partial charge in [0.2, 0.25) is 0 Å². The van der Waals surface area contributed by atoms with Crippen molar-refractivity contribution in [3.63, 3.8) is 0 Å². The van der Waals surface area contributed by atoms with Crippen molar-refractivity contribution < 1.29 is 22.7 Å². The molecule has 0 bridgehead atoms. The van der Waals surface area contributed by atoms with Crippen LogP contribution in [0.2, 0.25) is 0 Å². The summed E-state index contributed by atoms with van der Waals surface area (Å²) in [5, 5.41) is 12.0. The average molecular weight is 285 g/mol. The molecule has 2 aromatic rings. The molecule has 0 saturated carbocycles. The second-order valence-electron chi connectivity index (χ2n) is 4.17. The van der Waals surface area contributed by atoms with Crippen molar-refractivity contribution >= 4 is 5.69 Å². The van der Waals surface area contributed by atoms with Crippen molar-refractivity contribution in [1.29, 1.82) is 0 Å². The molecule has 0 fully saturated rings. The van der Waals surface area contributed by atoms with E-state index < -0.39 is 35.9 Å². The predicted molar refractivity (Wildman–Crippen MR) is 66.2 cm³/mol. The molecule has 0 saturated heterocycles. The lowest BCUT2D eigenvalue weighted by Gasteiger charge is -2.19. The van der Waals surface area contributed by atoms with E-state index in [1.54, 1.807) is 0 Å². The standard InChI is InChI=1S/C14H11F4NO/c15-8-1-3-9(4-2-8)19-14(7-20)10-5-12(17)13(18)6-11(10)16/h1-6,14,19-20H,7H2. The average Bonchev–Trinajstić information content (AvgIpc) is 2.43. The summed E-state index contributed by atoms with van der Waals surface area (Å²) in [5.41, 5.74) is 0.199. The van der Waals surface area contributed by atoms with Crippen LogP contribution in [0.5, 0.6) is 0 Å². The van der Waals surface area contributed by atoms with Crippen LogP contribution in [0.25, 0.3) is 0 Å². The van der Waals surface area contributed by atoms with Gasteiger partial charge in [-0.05, 0) is 30.3 Å². The van der Waals surface area contributed by atoms with Crippen molar-refractivity contribution in [1.82, 2.24) is 0 Å². The fourth-order valence-electron chi connectivity index (χ4n) is 1.77. The first-order valence-corrected chi connectivity index (χ1v) is 5.78. The first kappa shape index (κ1) is 14.3. The second kappa shape index (κ2) is 5.92. The van der Waals surface area contributed by atoms with Gasteiger partial charge in [-0.3, -0.25) is 0 Å². The van der Waals surface area contributed by atoms with Crippen LogP contribution in [-0.2, 0) is 0 Å². The lowest BCUT2D eigenvalue weighted by molar-refractivity contribution is 0.273. The molecule has 1 unspecified atom stereocenters. The third kappa shape index (κ3) is 3.08. The molecule has 0 radical (unpaired) electrons. The number of hydrogen-bond donors (Lipinski definition) is 2. The van der Waals surface area contributed by atoms with Crippen molar-refractivity contribution in [3.8, 4) is 0 Å². The van der Waals surface area contributed by atoms with E-state index in [1.165, 1.54) is 24.3 Å². The molecule has 0 aliphatic rings. The van der Waals surface area contributed by atoms with Crippen LogP contribution >= 0.6 is 0 Å². The summed E-state index contributed by atoms with van der Waals surface area (Å²) in [5.74, 6) is -3.93. The number of rotatable bonds is 4. The van der Waals surface area contributed by atoms with E-state index in [9.17, 15) is 22.7 Å². The van der Waals surface area contributed by atoms with E-state index in [1.807, 2.05) is 0 Å². The number of nitrogens with one attached hydrogen (secondary N) is 1. The summed E-state index contributed by atoms with van der Waals surface area (Å²) in [4.78, 5) is 0. The molecular weight excluding hydrogens is 274 g/mol. The van der Waals surface area contributed by atoms with Gasteiger partial charge in [-0.2, -0.15) is 0 Å². The maximum absolute atomic E-state index is 13.6. The monoisotopic (exact) mass is 285 g/mol. The van der Waals surface area contributed by atoms with Crippen LogP contribution in [0, 0.1) is 23.3 Å². The molecule has 6 heteroatoms. The SMILES string of the molecule is OCC(Nc1ccc(F)cc1)c1cc(F)c(F)cc1F. The van der Waals surface area contributed by atoms with Gasteiger partial charge in [0.25, 0.3) is 0 Å². The molecule has 0 aromatic heterocycles. The van der Waals surface area contributed by atoms with E-state index in [-0.39, 0.29) is 5.56 Å². The highest BCUT2D eigenvalue weighted by molar-refractivity contribution is 5.45. The summed E-state index contributed by atoms with van der Waals surface area (Å²) >= 11 is 0. The lowest BCUT2D eigenvalue weighted by Crippen LogP contribution is -2.17. The first-order valence-electron chi connectivity index (χ1n) is 5.78. The molecule has 2 rings (SSSR count). The van der Waals surface area contributed by atoms with Crippen molar-refractivity contribution in [2.45, 2.75) is 6.04 Å². The lowest BCUT2D eigenvalue weighted by atomic mass is 10.1. The maximum atomic E-state index is 13.6. The van der Waals surface area contributed by atoms with Crippen molar-refractivity contribution in [3.05, 3.63) is 65.2 Å². The van der Waals surface area contributed by atoms with Gasteiger partial charge in [-0.15, -0.1) is 0 Å². The summed E-state index contributed by atoms with van der Waals surface area (Å²) in [6, 6.07) is 5.25. The van der Waals surface area contributed by atoms with E-state index in [2.05, 4.69) is 5.32 Å². The van der Waals surface area contributed by atoms with Crippen molar-refractivity contribution in [2.75, 3.05) is 11.9 Å². The van der Waals surface area contributed by atoms with Gasteiger partial charge in [-0.1, -0.05) is 0 Å². The van der Waals surface area contributed by atoms with Crippen LogP contribution in [0.3, 0.4) is 0 Å². The molecule has 2 aromatic carbocycles. The fourth-order valence-corrected chi connectivity index (χ4v) is 1.77. The van der Waals surface area contributed by atoms with Crippen LogP contribution in [-0.4, -0.2) is 11.7 Å². The number of aliphatic hydroxyl groups excluding tert-OH is 1. The Bertz CT molecular complexity index is 601. The van der Waals surface area contributed by atoms with Gasteiger partial charge in [0.1, 0.15) is 11.6 Å². The molecule has 20 heavy (non-hydrogen) atoms. The highest BCUT2D eigenvalue weighted by Gasteiger charge is 2.18. The molecule has 0 aliphatic heterocycles. The molecule has 1 atom stereocenters. The molecule has 0 spiro atoms. The summed E-state index contributed by atoms with van der Waals surface area (Å²) in [7, 11) is 0. The summed E-state index contributed by atoms with van der Waals surface area (Å²) < 4.78 is 52.4. The van der Waals surface area contributed by atoms with Gasteiger partial charge in [0.15, 0.2) is 11.6 Å². The minimum Gasteiger partial charge on any atom is -0.394 e. The third-order valence-electron chi connectivity index (χ3n) is 2.78. The zero-order valence-corrected chi connectivity index (χ0v) is 10.2.